The smallest absolute Gasteiger partial charge is 0.00206 e. The lowest BCUT2D eigenvalue weighted by atomic mass is 10.4. The molecule has 0 atom stereocenters. The second kappa shape index (κ2) is 2.31. The van der Waals surface area contributed by atoms with Crippen LogP contribution < -0.4 is 5.32 Å². The van der Waals surface area contributed by atoms with E-state index in [0.717, 1.165) is 12.5 Å². The highest BCUT2D eigenvalue weighted by Crippen LogP contribution is 2.27. The molecule has 0 amide bonds. The molecule has 0 unspecified atom stereocenters. The maximum atomic E-state index is 3.31. The van der Waals surface area contributed by atoms with Crippen molar-refractivity contribution in [2.75, 3.05) is 13.1 Å². The van der Waals surface area contributed by atoms with Gasteiger partial charge in [-0.2, -0.15) is 0 Å². The Morgan fingerprint density at radius 1 is 1.57 bits per heavy atom. The van der Waals surface area contributed by atoms with E-state index in [1.807, 2.05) is 0 Å². The molecule has 0 heterocycles. The quantitative estimate of drug-likeness (QED) is 0.556. The van der Waals surface area contributed by atoms with E-state index in [0.29, 0.717) is 0 Å². The van der Waals surface area contributed by atoms with Crippen LogP contribution in [0.3, 0.4) is 0 Å². The van der Waals surface area contributed by atoms with E-state index >= 15 is 0 Å². The lowest BCUT2D eigenvalue weighted by Crippen LogP contribution is -2.15. The summed E-state index contributed by atoms with van der Waals surface area (Å²) in [5.41, 5.74) is 0. The summed E-state index contributed by atoms with van der Waals surface area (Å²) in [6, 6.07) is 0. The number of nitrogens with one attached hydrogen (secondary N) is 1. The van der Waals surface area contributed by atoms with Crippen molar-refractivity contribution in [2.24, 2.45) is 5.92 Å². The summed E-state index contributed by atoms with van der Waals surface area (Å²) >= 11 is 0. The van der Waals surface area contributed by atoms with Gasteiger partial charge in [0.1, 0.15) is 0 Å². The van der Waals surface area contributed by atoms with Crippen LogP contribution >= 0.6 is 0 Å². The maximum absolute atomic E-state index is 3.31. The summed E-state index contributed by atoms with van der Waals surface area (Å²) < 4.78 is 0. The van der Waals surface area contributed by atoms with Gasteiger partial charge in [0, 0.05) is 0 Å². The fourth-order valence-corrected chi connectivity index (χ4v) is 0.670. The Labute approximate surface area is 45.1 Å². The molecule has 0 aromatic heterocycles. The Hall–Kier alpha value is -0.0400. The predicted octanol–water partition coefficient (Wildman–Crippen LogP) is 1.01. The lowest BCUT2D eigenvalue weighted by molar-refractivity contribution is 0.662. The van der Waals surface area contributed by atoms with Crippen molar-refractivity contribution in [2.45, 2.75) is 19.8 Å². The largest absolute Gasteiger partial charge is 0.317 e. The Bertz CT molecular complexity index is 48.1. The van der Waals surface area contributed by atoms with Crippen molar-refractivity contribution >= 4 is 0 Å². The zero-order valence-corrected chi connectivity index (χ0v) is 4.91. The second-order valence-corrected chi connectivity index (χ2v) is 2.25. The minimum absolute atomic E-state index is 1.04. The maximum Gasteiger partial charge on any atom is -0.00206 e. The van der Waals surface area contributed by atoms with Crippen LogP contribution in [0.25, 0.3) is 0 Å². The first-order chi connectivity index (χ1) is 3.43. The van der Waals surface area contributed by atoms with Crippen LogP contribution in [-0.2, 0) is 0 Å². The highest BCUT2D eigenvalue weighted by Gasteiger charge is 2.19. The zero-order valence-electron chi connectivity index (χ0n) is 4.91. The molecule has 7 heavy (non-hydrogen) atoms. The van der Waals surface area contributed by atoms with E-state index in [1.165, 1.54) is 19.4 Å². The molecule has 1 aliphatic rings. The fourth-order valence-electron chi connectivity index (χ4n) is 0.670. The average Bonchev–Trinajstić information content (AvgIpc) is 2.42. The van der Waals surface area contributed by atoms with Crippen LogP contribution in [0.4, 0.5) is 0 Å². The van der Waals surface area contributed by atoms with Crippen molar-refractivity contribution in [3.05, 3.63) is 0 Å². The molecule has 1 aliphatic carbocycles. The molecular weight excluding hydrogens is 86.1 g/mol. The van der Waals surface area contributed by atoms with E-state index in [9.17, 15) is 0 Å². The van der Waals surface area contributed by atoms with Crippen LogP contribution in [0.1, 0.15) is 19.8 Å². The summed E-state index contributed by atoms with van der Waals surface area (Å²) in [6.45, 7) is 4.55. The van der Waals surface area contributed by atoms with E-state index in [1.54, 1.807) is 0 Å². The molecule has 1 nitrogen and oxygen atoms in total. The zero-order chi connectivity index (χ0) is 5.11. The third kappa shape index (κ3) is 1.93. The van der Waals surface area contributed by atoms with Crippen molar-refractivity contribution in [3.8, 4) is 0 Å². The van der Waals surface area contributed by atoms with Crippen LogP contribution in [0.15, 0.2) is 0 Å². The van der Waals surface area contributed by atoms with Gasteiger partial charge in [-0.3, -0.25) is 0 Å². The first kappa shape index (κ1) is 5.10. The summed E-state index contributed by atoms with van der Waals surface area (Å²) in [6.07, 6.45) is 2.93. The molecule has 1 N–H and O–H groups in total. The summed E-state index contributed by atoms with van der Waals surface area (Å²) in [4.78, 5) is 0. The molecule has 0 bridgehead atoms. The van der Waals surface area contributed by atoms with Crippen LogP contribution in [0.2, 0.25) is 0 Å². The van der Waals surface area contributed by atoms with Gasteiger partial charge in [0.05, 0.1) is 0 Å². The van der Waals surface area contributed by atoms with Gasteiger partial charge in [-0.1, -0.05) is 6.92 Å². The fraction of sp³-hybridized carbons (Fsp3) is 1.00. The standard InChI is InChI=1S/C6H13N/c1-2-7-5-6-3-4-6/h6-7H,2-5H2,1H3. The van der Waals surface area contributed by atoms with Crippen LogP contribution in [-0.4, -0.2) is 13.1 Å². The van der Waals surface area contributed by atoms with Gasteiger partial charge in [0.15, 0.2) is 0 Å². The number of hydrogen-bond donors (Lipinski definition) is 1. The van der Waals surface area contributed by atoms with Gasteiger partial charge in [-0.05, 0) is 31.8 Å². The van der Waals surface area contributed by atoms with E-state index in [-0.39, 0.29) is 0 Å². The van der Waals surface area contributed by atoms with Crippen molar-refractivity contribution < 1.29 is 0 Å². The summed E-state index contributed by atoms with van der Waals surface area (Å²) in [5.74, 6) is 1.04. The van der Waals surface area contributed by atoms with E-state index in [2.05, 4.69) is 12.2 Å². The summed E-state index contributed by atoms with van der Waals surface area (Å²) in [5, 5.41) is 3.31. The Morgan fingerprint density at radius 2 is 2.29 bits per heavy atom. The molecule has 1 rings (SSSR count). The first-order valence-electron chi connectivity index (χ1n) is 3.14. The molecule has 0 radical (unpaired) electrons. The van der Waals surface area contributed by atoms with Gasteiger partial charge in [-0.25, -0.2) is 0 Å². The highest BCUT2D eigenvalue weighted by molar-refractivity contribution is 4.74. The molecular formula is C6H13N. The Morgan fingerprint density at radius 3 is 2.71 bits per heavy atom. The molecule has 1 heteroatoms. The minimum Gasteiger partial charge on any atom is -0.317 e. The van der Waals surface area contributed by atoms with Crippen molar-refractivity contribution in [1.82, 2.24) is 5.32 Å². The van der Waals surface area contributed by atoms with Gasteiger partial charge in [-0.15, -0.1) is 0 Å². The SMILES string of the molecule is CCNCC1CC1. The molecule has 1 saturated carbocycles. The molecule has 42 valence electrons. The molecule has 0 spiro atoms. The van der Waals surface area contributed by atoms with Gasteiger partial charge < -0.3 is 5.32 Å². The molecule has 1 fully saturated rings. The van der Waals surface area contributed by atoms with Gasteiger partial charge in [0.2, 0.25) is 0 Å². The normalized spacial score (nSPS) is 20.1. The van der Waals surface area contributed by atoms with Gasteiger partial charge >= 0.3 is 0 Å². The topological polar surface area (TPSA) is 12.0 Å². The van der Waals surface area contributed by atoms with E-state index in [4.69, 9.17) is 0 Å². The van der Waals surface area contributed by atoms with Gasteiger partial charge in [0.25, 0.3) is 0 Å². The Balaban J connectivity index is 1.80. The second-order valence-electron chi connectivity index (χ2n) is 2.25. The van der Waals surface area contributed by atoms with Crippen LogP contribution in [0, 0.1) is 5.92 Å². The minimum atomic E-state index is 1.04. The van der Waals surface area contributed by atoms with E-state index < -0.39 is 0 Å². The third-order valence-electron chi connectivity index (χ3n) is 1.38. The Kier molecular flexibility index (Phi) is 1.69. The van der Waals surface area contributed by atoms with Crippen molar-refractivity contribution in [1.29, 1.82) is 0 Å². The van der Waals surface area contributed by atoms with Crippen molar-refractivity contribution in [3.63, 3.8) is 0 Å². The molecule has 0 saturated heterocycles. The monoisotopic (exact) mass is 99.1 g/mol. The molecule has 0 aromatic carbocycles. The highest BCUT2D eigenvalue weighted by atomic mass is 14.9. The lowest BCUT2D eigenvalue weighted by Gasteiger charge is -1.93. The first-order valence-corrected chi connectivity index (χ1v) is 3.14. The predicted molar refractivity (Wildman–Crippen MR) is 31.3 cm³/mol. The third-order valence-corrected chi connectivity index (χ3v) is 1.38. The summed E-state index contributed by atoms with van der Waals surface area (Å²) in [7, 11) is 0. The average molecular weight is 99.2 g/mol. The number of rotatable bonds is 3. The molecule has 0 aliphatic heterocycles. The molecule has 0 aromatic rings. The van der Waals surface area contributed by atoms with Crippen LogP contribution in [0.5, 0.6) is 0 Å². The number of hydrogen-bond acceptors (Lipinski definition) is 1.